The summed E-state index contributed by atoms with van der Waals surface area (Å²) in [5, 5.41) is 3.04. The number of hydrogen-bond acceptors (Lipinski definition) is 5. The van der Waals surface area contributed by atoms with E-state index >= 15 is 0 Å². The lowest BCUT2D eigenvalue weighted by atomic mass is 9.67. The molecule has 0 fully saturated rings. The molecule has 2 heterocycles. The maximum absolute atomic E-state index is 5.33. The second-order valence-corrected chi connectivity index (χ2v) is 16.0. The molecule has 1 aliphatic carbocycles. The van der Waals surface area contributed by atoms with Gasteiger partial charge in [0.25, 0.3) is 0 Å². The molecular formula is C58H37N5. The molecule has 0 spiro atoms. The minimum atomic E-state index is -0.555. The molecule has 2 aromatic heterocycles. The van der Waals surface area contributed by atoms with E-state index in [1.165, 1.54) is 33.4 Å². The lowest BCUT2D eigenvalue weighted by molar-refractivity contribution is 0.768. The molecule has 0 saturated carbocycles. The van der Waals surface area contributed by atoms with E-state index < -0.39 is 5.41 Å². The summed E-state index contributed by atoms with van der Waals surface area (Å²) >= 11 is 0. The van der Waals surface area contributed by atoms with E-state index in [-0.39, 0.29) is 0 Å². The van der Waals surface area contributed by atoms with Crippen LogP contribution in [0.15, 0.2) is 224 Å². The highest BCUT2D eigenvalue weighted by Crippen LogP contribution is 2.56. The highest BCUT2D eigenvalue weighted by molar-refractivity contribution is 6.10. The average molecular weight is 804 g/mol. The van der Waals surface area contributed by atoms with Gasteiger partial charge in [0.05, 0.1) is 16.6 Å². The molecule has 0 atom stereocenters. The van der Waals surface area contributed by atoms with Crippen LogP contribution in [-0.4, -0.2) is 24.9 Å². The third-order valence-corrected chi connectivity index (χ3v) is 12.4. The van der Waals surface area contributed by atoms with Crippen LogP contribution in [0.4, 0.5) is 0 Å². The molecule has 0 aliphatic heterocycles. The summed E-state index contributed by atoms with van der Waals surface area (Å²) < 4.78 is 0. The fourth-order valence-corrected chi connectivity index (χ4v) is 9.52. The maximum Gasteiger partial charge on any atom is 0.164 e. The number of fused-ring (bicyclic) bond motifs is 6. The van der Waals surface area contributed by atoms with Gasteiger partial charge in [-0.25, -0.2) is 24.9 Å². The summed E-state index contributed by atoms with van der Waals surface area (Å²) in [5.74, 6) is 2.47. The van der Waals surface area contributed by atoms with Crippen LogP contribution in [-0.2, 0) is 5.41 Å². The molecule has 5 nitrogen and oxygen atoms in total. The Morgan fingerprint density at radius 2 is 0.746 bits per heavy atom. The third-order valence-electron chi connectivity index (χ3n) is 12.4. The Kier molecular flexibility index (Phi) is 8.64. The van der Waals surface area contributed by atoms with Gasteiger partial charge in [-0.3, -0.25) is 0 Å². The minimum absolute atomic E-state index is 0.555. The van der Waals surface area contributed by atoms with Crippen LogP contribution >= 0.6 is 0 Å². The van der Waals surface area contributed by atoms with Crippen molar-refractivity contribution in [3.8, 4) is 67.9 Å². The number of aromatic nitrogens is 5. The Balaban J connectivity index is 1.08. The highest BCUT2D eigenvalue weighted by atomic mass is 15.0. The van der Waals surface area contributed by atoms with Crippen LogP contribution in [0.1, 0.15) is 22.3 Å². The number of rotatable bonds is 7. The second kappa shape index (κ2) is 14.9. The van der Waals surface area contributed by atoms with Crippen molar-refractivity contribution < 1.29 is 0 Å². The van der Waals surface area contributed by atoms with E-state index in [0.29, 0.717) is 23.3 Å². The fraction of sp³-hybridized carbons (Fsp3) is 0.0172. The van der Waals surface area contributed by atoms with Gasteiger partial charge in [-0.2, -0.15) is 0 Å². The fourth-order valence-electron chi connectivity index (χ4n) is 9.52. The van der Waals surface area contributed by atoms with Gasteiger partial charge in [0, 0.05) is 38.6 Å². The first kappa shape index (κ1) is 36.4. The smallest absolute Gasteiger partial charge is 0.164 e. The zero-order chi connectivity index (χ0) is 41.7. The van der Waals surface area contributed by atoms with Crippen LogP contribution in [0.25, 0.3) is 89.6 Å². The van der Waals surface area contributed by atoms with Gasteiger partial charge in [0.15, 0.2) is 23.3 Å². The Hall–Kier alpha value is -8.41. The molecule has 5 heteroatoms. The van der Waals surface area contributed by atoms with Gasteiger partial charge in [-0.1, -0.05) is 206 Å². The van der Waals surface area contributed by atoms with Gasteiger partial charge in [0.2, 0.25) is 0 Å². The summed E-state index contributed by atoms with van der Waals surface area (Å²) in [7, 11) is 0. The van der Waals surface area contributed by atoms with Gasteiger partial charge in [-0.15, -0.1) is 0 Å². The van der Waals surface area contributed by atoms with Gasteiger partial charge in [0.1, 0.15) is 0 Å². The zero-order valence-corrected chi connectivity index (χ0v) is 34.1. The van der Waals surface area contributed by atoms with E-state index in [2.05, 4.69) is 182 Å². The van der Waals surface area contributed by atoms with E-state index in [1.807, 2.05) is 42.5 Å². The van der Waals surface area contributed by atoms with E-state index in [9.17, 15) is 0 Å². The summed E-state index contributed by atoms with van der Waals surface area (Å²) in [4.78, 5) is 26.2. The number of hydrogen-bond donors (Lipinski definition) is 0. The molecule has 0 amide bonds. The monoisotopic (exact) mass is 803 g/mol. The van der Waals surface area contributed by atoms with Crippen molar-refractivity contribution >= 4 is 21.7 Å². The summed E-state index contributed by atoms with van der Waals surface area (Å²) in [6, 6.07) is 78.7. The predicted molar refractivity (Wildman–Crippen MR) is 255 cm³/mol. The Morgan fingerprint density at radius 1 is 0.286 bits per heavy atom. The highest BCUT2D eigenvalue weighted by Gasteiger charge is 2.46. The third kappa shape index (κ3) is 6.05. The molecule has 0 bridgehead atoms. The molecule has 0 radical (unpaired) electrons. The molecule has 0 saturated heterocycles. The number of benzene rings is 9. The van der Waals surface area contributed by atoms with Crippen molar-refractivity contribution in [2.75, 3.05) is 0 Å². The van der Waals surface area contributed by atoms with Crippen LogP contribution < -0.4 is 0 Å². The SMILES string of the molecule is c1ccc(-c2nc(-c3ccc4c(c3)C(c3ccccc3)(c3ccccc3)c3ccccc3-4)nc(-c3ccc4ccc5c(-c6ccccc6)nc(-c6ccccc6)nc5c4c3)n2)cc1. The molecule has 11 aromatic rings. The van der Waals surface area contributed by atoms with Gasteiger partial charge >= 0.3 is 0 Å². The normalized spacial score (nSPS) is 12.6. The van der Waals surface area contributed by atoms with Crippen LogP contribution in [0.2, 0.25) is 0 Å². The minimum Gasteiger partial charge on any atom is -0.227 e. The molecule has 0 unspecified atom stereocenters. The molecule has 0 N–H and O–H groups in total. The summed E-state index contributed by atoms with van der Waals surface area (Å²) in [6.07, 6.45) is 0. The standard InChI is InChI=1S/C58H37N5/c1-6-18-39(19-7-1)52-48-35-32-38-30-31-42(36-49(38)53(48)60-54(59-52)40-20-8-2-9-21-40)56-61-55(41-22-10-3-11-23-41)62-57(63-56)43-33-34-47-46-28-16-17-29-50(46)58(51(47)37-43,44-24-12-4-13-25-44)45-26-14-5-15-27-45/h1-37H. The van der Waals surface area contributed by atoms with Crippen molar-refractivity contribution in [3.05, 3.63) is 247 Å². The molecule has 294 valence electrons. The Bertz CT molecular complexity index is 3450. The van der Waals surface area contributed by atoms with Crippen molar-refractivity contribution in [2.24, 2.45) is 0 Å². The first-order valence-electron chi connectivity index (χ1n) is 21.3. The van der Waals surface area contributed by atoms with Gasteiger partial charge in [-0.05, 0) is 57.0 Å². The Labute approximate surface area is 365 Å². The average Bonchev–Trinajstić information content (AvgIpc) is 3.67. The largest absolute Gasteiger partial charge is 0.227 e. The zero-order valence-electron chi connectivity index (χ0n) is 34.1. The Morgan fingerprint density at radius 3 is 1.37 bits per heavy atom. The lowest BCUT2D eigenvalue weighted by Gasteiger charge is -2.34. The predicted octanol–water partition coefficient (Wildman–Crippen LogP) is 13.7. The van der Waals surface area contributed by atoms with E-state index in [0.717, 1.165) is 55.2 Å². The molecule has 63 heavy (non-hydrogen) atoms. The maximum atomic E-state index is 5.33. The van der Waals surface area contributed by atoms with Crippen molar-refractivity contribution in [1.29, 1.82) is 0 Å². The topological polar surface area (TPSA) is 64.5 Å². The van der Waals surface area contributed by atoms with E-state index in [1.54, 1.807) is 0 Å². The van der Waals surface area contributed by atoms with Gasteiger partial charge < -0.3 is 0 Å². The van der Waals surface area contributed by atoms with Crippen LogP contribution in [0.3, 0.4) is 0 Å². The quantitative estimate of drug-likeness (QED) is 0.150. The molecular weight excluding hydrogens is 767 g/mol. The molecule has 12 rings (SSSR count). The first-order valence-corrected chi connectivity index (χ1v) is 21.3. The van der Waals surface area contributed by atoms with Crippen LogP contribution in [0.5, 0.6) is 0 Å². The first-order chi connectivity index (χ1) is 31.2. The number of nitrogens with zero attached hydrogens (tertiary/aromatic N) is 5. The van der Waals surface area contributed by atoms with Crippen molar-refractivity contribution in [1.82, 2.24) is 24.9 Å². The van der Waals surface area contributed by atoms with Crippen LogP contribution in [0, 0.1) is 0 Å². The summed E-state index contributed by atoms with van der Waals surface area (Å²) in [6.45, 7) is 0. The lowest BCUT2D eigenvalue weighted by Crippen LogP contribution is -2.28. The van der Waals surface area contributed by atoms with Crippen molar-refractivity contribution in [2.45, 2.75) is 5.41 Å². The second-order valence-electron chi connectivity index (χ2n) is 16.0. The van der Waals surface area contributed by atoms with E-state index in [4.69, 9.17) is 24.9 Å². The molecule has 1 aliphatic rings. The van der Waals surface area contributed by atoms with Crippen molar-refractivity contribution in [3.63, 3.8) is 0 Å². The summed E-state index contributed by atoms with van der Waals surface area (Å²) in [5.41, 5.74) is 13.2. The molecule has 9 aromatic carbocycles.